The molecule has 0 heterocycles. The molecule has 1 nitrogen and oxygen atoms in total. The molecule has 0 aliphatic carbocycles. The molecule has 0 atom stereocenters. The van der Waals surface area contributed by atoms with E-state index in [-0.39, 0.29) is 5.82 Å². The van der Waals surface area contributed by atoms with Crippen molar-refractivity contribution in [3.63, 3.8) is 0 Å². The second kappa shape index (κ2) is 7.29. The summed E-state index contributed by atoms with van der Waals surface area (Å²) in [4.78, 5) is 0. The standard InChI is InChI=1S/C13H17ClFN/c1-2-3-4-5-6-9-16-13-8-7-11(14)10-12(13)15/h2,7-8,10,16H,1,3-6,9H2. The van der Waals surface area contributed by atoms with Crippen molar-refractivity contribution in [2.24, 2.45) is 0 Å². The SMILES string of the molecule is C=CCCCCCNc1ccc(Cl)cc1F. The molecule has 0 aliphatic heterocycles. The van der Waals surface area contributed by atoms with Crippen LogP contribution in [-0.2, 0) is 0 Å². The van der Waals surface area contributed by atoms with Crippen molar-refractivity contribution in [3.05, 3.63) is 41.7 Å². The fourth-order valence-corrected chi connectivity index (χ4v) is 1.61. The van der Waals surface area contributed by atoms with E-state index in [1.807, 2.05) is 6.08 Å². The third-order valence-electron chi connectivity index (χ3n) is 2.33. The van der Waals surface area contributed by atoms with E-state index in [4.69, 9.17) is 11.6 Å². The minimum absolute atomic E-state index is 0.293. The van der Waals surface area contributed by atoms with E-state index in [1.54, 1.807) is 12.1 Å². The number of unbranched alkanes of at least 4 members (excludes halogenated alkanes) is 3. The maximum atomic E-state index is 13.3. The molecule has 0 bridgehead atoms. The van der Waals surface area contributed by atoms with E-state index < -0.39 is 0 Å². The van der Waals surface area contributed by atoms with Crippen LogP contribution in [0.15, 0.2) is 30.9 Å². The number of nitrogens with one attached hydrogen (secondary N) is 1. The molecule has 0 aromatic heterocycles. The van der Waals surface area contributed by atoms with Crippen LogP contribution < -0.4 is 5.32 Å². The number of hydrogen-bond acceptors (Lipinski definition) is 1. The smallest absolute Gasteiger partial charge is 0.147 e. The van der Waals surface area contributed by atoms with Crippen LogP contribution >= 0.6 is 11.6 Å². The topological polar surface area (TPSA) is 12.0 Å². The van der Waals surface area contributed by atoms with Crippen molar-refractivity contribution in [1.29, 1.82) is 0 Å². The molecule has 16 heavy (non-hydrogen) atoms. The van der Waals surface area contributed by atoms with Crippen LogP contribution in [0.25, 0.3) is 0 Å². The summed E-state index contributed by atoms with van der Waals surface area (Å²) in [6.07, 6.45) is 6.29. The van der Waals surface area contributed by atoms with Crippen LogP contribution in [0, 0.1) is 5.82 Å². The van der Waals surface area contributed by atoms with Crippen molar-refractivity contribution >= 4 is 17.3 Å². The third-order valence-corrected chi connectivity index (χ3v) is 2.57. The molecular formula is C13H17ClFN. The van der Waals surface area contributed by atoms with E-state index in [0.717, 1.165) is 32.2 Å². The first-order valence-electron chi connectivity index (χ1n) is 5.54. The van der Waals surface area contributed by atoms with Gasteiger partial charge in [-0.05, 0) is 37.5 Å². The molecule has 0 fully saturated rings. The lowest BCUT2D eigenvalue weighted by molar-refractivity contribution is 0.628. The number of anilines is 1. The molecule has 0 radical (unpaired) electrons. The zero-order chi connectivity index (χ0) is 11.8. The average molecular weight is 242 g/mol. The van der Waals surface area contributed by atoms with E-state index in [9.17, 15) is 4.39 Å². The lowest BCUT2D eigenvalue weighted by Crippen LogP contribution is -2.03. The van der Waals surface area contributed by atoms with Gasteiger partial charge in [0.1, 0.15) is 5.82 Å². The number of rotatable bonds is 7. The summed E-state index contributed by atoms with van der Waals surface area (Å²) in [6.45, 7) is 4.46. The highest BCUT2D eigenvalue weighted by Crippen LogP contribution is 2.18. The van der Waals surface area contributed by atoms with Crippen molar-refractivity contribution in [1.82, 2.24) is 0 Å². The Morgan fingerprint density at radius 3 is 2.81 bits per heavy atom. The lowest BCUT2D eigenvalue weighted by atomic mass is 10.2. The van der Waals surface area contributed by atoms with Crippen LogP contribution in [0.4, 0.5) is 10.1 Å². The maximum Gasteiger partial charge on any atom is 0.147 e. The molecule has 88 valence electrons. The summed E-state index contributed by atoms with van der Waals surface area (Å²) < 4.78 is 13.3. The number of hydrogen-bond donors (Lipinski definition) is 1. The van der Waals surface area contributed by atoms with Gasteiger partial charge in [0, 0.05) is 11.6 Å². The lowest BCUT2D eigenvalue weighted by Gasteiger charge is -2.07. The second-order valence-electron chi connectivity index (χ2n) is 3.69. The Kier molecular flexibility index (Phi) is 5.94. The molecule has 0 aliphatic rings. The molecule has 0 spiro atoms. The zero-order valence-electron chi connectivity index (χ0n) is 9.31. The Labute approximate surface area is 101 Å². The molecule has 3 heteroatoms. The summed E-state index contributed by atoms with van der Waals surface area (Å²) in [5.41, 5.74) is 0.521. The first-order valence-corrected chi connectivity index (χ1v) is 5.91. The van der Waals surface area contributed by atoms with Gasteiger partial charge in [0.2, 0.25) is 0 Å². The minimum Gasteiger partial charge on any atom is -0.383 e. The van der Waals surface area contributed by atoms with Gasteiger partial charge in [-0.2, -0.15) is 0 Å². The normalized spacial score (nSPS) is 10.1. The van der Waals surface area contributed by atoms with Crippen LogP contribution in [0.3, 0.4) is 0 Å². The quantitative estimate of drug-likeness (QED) is 0.542. The fourth-order valence-electron chi connectivity index (χ4n) is 1.45. The van der Waals surface area contributed by atoms with E-state index >= 15 is 0 Å². The highest BCUT2D eigenvalue weighted by molar-refractivity contribution is 6.30. The Hall–Kier alpha value is -1.02. The van der Waals surface area contributed by atoms with Gasteiger partial charge in [-0.3, -0.25) is 0 Å². The van der Waals surface area contributed by atoms with Crippen molar-refractivity contribution in [3.8, 4) is 0 Å². The fraction of sp³-hybridized carbons (Fsp3) is 0.385. The van der Waals surface area contributed by atoms with E-state index in [1.165, 1.54) is 6.07 Å². The summed E-state index contributed by atoms with van der Waals surface area (Å²) >= 11 is 5.66. The number of benzene rings is 1. The molecule has 1 rings (SSSR count). The van der Waals surface area contributed by atoms with Gasteiger partial charge in [0.05, 0.1) is 5.69 Å². The highest BCUT2D eigenvalue weighted by atomic mass is 35.5. The average Bonchev–Trinajstić information content (AvgIpc) is 2.26. The van der Waals surface area contributed by atoms with Crippen molar-refractivity contribution in [2.75, 3.05) is 11.9 Å². The van der Waals surface area contributed by atoms with Crippen molar-refractivity contribution in [2.45, 2.75) is 25.7 Å². The van der Waals surface area contributed by atoms with Crippen LogP contribution in [-0.4, -0.2) is 6.54 Å². The molecule has 0 unspecified atom stereocenters. The van der Waals surface area contributed by atoms with Gasteiger partial charge in [-0.15, -0.1) is 6.58 Å². The third kappa shape index (κ3) is 4.67. The van der Waals surface area contributed by atoms with E-state index in [2.05, 4.69) is 11.9 Å². The highest BCUT2D eigenvalue weighted by Gasteiger charge is 2.01. The number of allylic oxidation sites excluding steroid dienone is 1. The van der Waals surface area contributed by atoms with Gasteiger partial charge in [-0.1, -0.05) is 24.1 Å². The monoisotopic (exact) mass is 241 g/mol. The molecule has 0 saturated carbocycles. The number of halogens is 2. The zero-order valence-corrected chi connectivity index (χ0v) is 10.1. The van der Waals surface area contributed by atoms with E-state index in [0.29, 0.717) is 10.7 Å². The van der Waals surface area contributed by atoms with Crippen LogP contribution in [0.1, 0.15) is 25.7 Å². The summed E-state index contributed by atoms with van der Waals surface area (Å²) in [5, 5.41) is 3.48. The predicted molar refractivity (Wildman–Crippen MR) is 68.6 cm³/mol. The molecule has 0 saturated heterocycles. The van der Waals surface area contributed by atoms with Gasteiger partial charge in [-0.25, -0.2) is 4.39 Å². The van der Waals surface area contributed by atoms with Gasteiger partial charge in [0.25, 0.3) is 0 Å². The Morgan fingerprint density at radius 2 is 2.12 bits per heavy atom. The van der Waals surface area contributed by atoms with Gasteiger partial charge < -0.3 is 5.32 Å². The Morgan fingerprint density at radius 1 is 1.31 bits per heavy atom. The first-order chi connectivity index (χ1) is 7.74. The molecule has 1 aromatic carbocycles. The molecular weight excluding hydrogens is 225 g/mol. The first kappa shape index (κ1) is 13.0. The van der Waals surface area contributed by atoms with Crippen molar-refractivity contribution < 1.29 is 4.39 Å². The molecule has 0 amide bonds. The summed E-state index contributed by atoms with van der Waals surface area (Å²) in [5.74, 6) is -0.293. The van der Waals surface area contributed by atoms with Gasteiger partial charge in [0.15, 0.2) is 0 Å². The largest absolute Gasteiger partial charge is 0.383 e. The maximum absolute atomic E-state index is 13.3. The Bertz CT molecular complexity index is 339. The minimum atomic E-state index is -0.293. The molecule has 1 N–H and O–H groups in total. The molecule has 1 aromatic rings. The van der Waals surface area contributed by atoms with Crippen LogP contribution in [0.5, 0.6) is 0 Å². The predicted octanol–water partition coefficient (Wildman–Crippen LogP) is 4.64. The summed E-state index contributed by atoms with van der Waals surface area (Å²) in [6, 6.07) is 4.67. The van der Waals surface area contributed by atoms with Crippen LogP contribution in [0.2, 0.25) is 5.02 Å². The summed E-state index contributed by atoms with van der Waals surface area (Å²) in [7, 11) is 0. The van der Waals surface area contributed by atoms with Gasteiger partial charge >= 0.3 is 0 Å². The Balaban J connectivity index is 2.24. The second-order valence-corrected chi connectivity index (χ2v) is 4.13.